The summed E-state index contributed by atoms with van der Waals surface area (Å²) in [5.41, 5.74) is 2.62. The minimum Gasteiger partial charge on any atom is -0.493 e. The third-order valence-electron chi connectivity index (χ3n) is 4.68. The van der Waals surface area contributed by atoms with Crippen LogP contribution in [0.2, 0.25) is 0 Å². The molecule has 130 valence electrons. The summed E-state index contributed by atoms with van der Waals surface area (Å²) in [7, 11) is 3.37. The Kier molecular flexibility index (Phi) is 5.68. The van der Waals surface area contributed by atoms with Crippen LogP contribution in [0.15, 0.2) is 29.4 Å². The summed E-state index contributed by atoms with van der Waals surface area (Å²) in [5.74, 6) is 2.16. The van der Waals surface area contributed by atoms with Crippen LogP contribution >= 0.6 is 11.8 Å². The maximum Gasteiger partial charge on any atom is 0.161 e. The van der Waals surface area contributed by atoms with E-state index in [1.54, 1.807) is 26.0 Å². The minimum atomic E-state index is 0.565. The molecular weight excluding hydrogens is 322 g/mol. The predicted molar refractivity (Wildman–Crippen MR) is 97.2 cm³/mol. The third kappa shape index (κ3) is 3.70. The summed E-state index contributed by atoms with van der Waals surface area (Å²) in [5, 5.41) is 7.03. The van der Waals surface area contributed by atoms with Gasteiger partial charge in [-0.1, -0.05) is 0 Å². The lowest BCUT2D eigenvalue weighted by Crippen LogP contribution is -2.33. The van der Waals surface area contributed by atoms with Gasteiger partial charge in [0.2, 0.25) is 0 Å². The number of aromatic amines is 1. The molecule has 1 aliphatic rings. The van der Waals surface area contributed by atoms with Crippen LogP contribution in [0.3, 0.4) is 0 Å². The van der Waals surface area contributed by atoms with Gasteiger partial charge in [-0.15, -0.1) is 11.8 Å². The topological polar surface area (TPSA) is 50.4 Å². The normalized spacial score (nSPS) is 18.5. The molecule has 3 rings (SSSR count). The highest BCUT2D eigenvalue weighted by atomic mass is 32.2. The molecule has 0 bridgehead atoms. The van der Waals surface area contributed by atoms with Gasteiger partial charge in [-0.25, -0.2) is 0 Å². The Hall–Kier alpha value is -1.66. The van der Waals surface area contributed by atoms with Crippen LogP contribution in [-0.4, -0.2) is 48.7 Å². The lowest BCUT2D eigenvalue weighted by molar-refractivity contribution is 0.198. The van der Waals surface area contributed by atoms with Gasteiger partial charge in [-0.2, -0.15) is 5.10 Å². The Labute approximate surface area is 147 Å². The Morgan fingerprint density at radius 2 is 2.08 bits per heavy atom. The fourth-order valence-corrected chi connectivity index (χ4v) is 4.02. The highest BCUT2D eigenvalue weighted by molar-refractivity contribution is 7.98. The number of nitrogens with zero attached hydrogens (tertiary/aromatic N) is 2. The van der Waals surface area contributed by atoms with E-state index in [2.05, 4.69) is 33.5 Å². The summed E-state index contributed by atoms with van der Waals surface area (Å²) in [6.45, 7) is 3.14. The van der Waals surface area contributed by atoms with E-state index in [-0.39, 0.29) is 0 Å². The molecule has 0 radical (unpaired) electrons. The molecule has 24 heavy (non-hydrogen) atoms. The minimum absolute atomic E-state index is 0.565. The van der Waals surface area contributed by atoms with Crippen molar-refractivity contribution in [3.8, 4) is 11.5 Å². The second-order valence-corrected chi connectivity index (χ2v) is 6.97. The smallest absolute Gasteiger partial charge is 0.161 e. The maximum absolute atomic E-state index is 5.48. The molecule has 1 aromatic heterocycles. The van der Waals surface area contributed by atoms with E-state index in [9.17, 15) is 0 Å². The van der Waals surface area contributed by atoms with Gasteiger partial charge < -0.3 is 9.47 Å². The summed E-state index contributed by atoms with van der Waals surface area (Å²) in [4.78, 5) is 3.78. The average molecular weight is 347 g/mol. The number of piperidine rings is 1. The van der Waals surface area contributed by atoms with Crippen molar-refractivity contribution in [2.45, 2.75) is 30.2 Å². The second kappa shape index (κ2) is 7.94. The van der Waals surface area contributed by atoms with Crippen LogP contribution in [0.25, 0.3) is 0 Å². The number of likely N-dealkylation sites (tertiary alicyclic amines) is 1. The van der Waals surface area contributed by atoms with Gasteiger partial charge in [-0.05, 0) is 54.8 Å². The number of thioether (sulfide) groups is 1. The fourth-order valence-electron chi connectivity index (χ4n) is 3.41. The Balaban J connectivity index is 1.77. The number of nitrogens with one attached hydrogen (secondary N) is 1. The van der Waals surface area contributed by atoms with E-state index < -0.39 is 0 Å². The van der Waals surface area contributed by atoms with Crippen molar-refractivity contribution in [1.29, 1.82) is 0 Å². The predicted octanol–water partition coefficient (Wildman–Crippen LogP) is 3.53. The van der Waals surface area contributed by atoms with Gasteiger partial charge in [0, 0.05) is 24.2 Å². The van der Waals surface area contributed by atoms with E-state index in [0.717, 1.165) is 31.1 Å². The van der Waals surface area contributed by atoms with Crippen molar-refractivity contribution in [3.63, 3.8) is 0 Å². The van der Waals surface area contributed by atoms with Crippen molar-refractivity contribution >= 4 is 11.8 Å². The zero-order valence-corrected chi connectivity index (χ0v) is 15.4. The molecule has 0 unspecified atom stereocenters. The van der Waals surface area contributed by atoms with Crippen LogP contribution in [-0.2, 0) is 6.54 Å². The first-order valence-electron chi connectivity index (χ1n) is 8.25. The van der Waals surface area contributed by atoms with Crippen LogP contribution in [0.4, 0.5) is 0 Å². The molecular formula is C18H25N3O2S. The Morgan fingerprint density at radius 3 is 2.75 bits per heavy atom. The van der Waals surface area contributed by atoms with Crippen molar-refractivity contribution in [3.05, 3.63) is 35.7 Å². The molecule has 2 aromatic rings. The SMILES string of the molecule is COc1cc(CN2CCC[C@@H](c3cn[nH]c3)C2)c(SC)cc1OC. The number of aromatic nitrogens is 2. The van der Waals surface area contributed by atoms with Gasteiger partial charge in [0.05, 0.1) is 20.4 Å². The van der Waals surface area contributed by atoms with Gasteiger partial charge in [-0.3, -0.25) is 10.00 Å². The van der Waals surface area contributed by atoms with Gasteiger partial charge in [0.25, 0.3) is 0 Å². The first-order chi connectivity index (χ1) is 11.7. The second-order valence-electron chi connectivity index (χ2n) is 6.12. The van der Waals surface area contributed by atoms with Crippen LogP contribution in [0.5, 0.6) is 11.5 Å². The van der Waals surface area contributed by atoms with Gasteiger partial charge in [0.15, 0.2) is 11.5 Å². The Morgan fingerprint density at radius 1 is 1.29 bits per heavy atom. The van der Waals surface area contributed by atoms with Crippen molar-refractivity contribution in [2.75, 3.05) is 33.6 Å². The lowest BCUT2D eigenvalue weighted by atomic mass is 9.92. The largest absolute Gasteiger partial charge is 0.493 e. The molecule has 1 aliphatic heterocycles. The summed E-state index contributed by atoms with van der Waals surface area (Å²) < 4.78 is 10.9. The first kappa shape index (κ1) is 17.2. The summed E-state index contributed by atoms with van der Waals surface area (Å²) in [6.07, 6.45) is 8.54. The van der Waals surface area contributed by atoms with E-state index in [1.807, 2.05) is 12.4 Å². The number of hydrogen-bond donors (Lipinski definition) is 1. The molecule has 6 heteroatoms. The number of ether oxygens (including phenoxy) is 2. The van der Waals surface area contributed by atoms with E-state index in [1.165, 1.54) is 28.9 Å². The molecule has 2 heterocycles. The molecule has 1 aromatic carbocycles. The van der Waals surface area contributed by atoms with Crippen molar-refractivity contribution in [2.24, 2.45) is 0 Å². The highest BCUT2D eigenvalue weighted by Gasteiger charge is 2.23. The zero-order valence-electron chi connectivity index (χ0n) is 14.5. The summed E-state index contributed by atoms with van der Waals surface area (Å²) in [6, 6.07) is 4.20. The van der Waals surface area contributed by atoms with E-state index >= 15 is 0 Å². The molecule has 0 amide bonds. The number of hydrogen-bond acceptors (Lipinski definition) is 5. The van der Waals surface area contributed by atoms with E-state index in [0.29, 0.717) is 5.92 Å². The molecule has 0 spiro atoms. The molecule has 5 nitrogen and oxygen atoms in total. The van der Waals surface area contributed by atoms with Crippen LogP contribution in [0.1, 0.15) is 29.9 Å². The number of methoxy groups -OCH3 is 2. The number of H-pyrrole nitrogens is 1. The zero-order chi connectivity index (χ0) is 16.9. The third-order valence-corrected chi connectivity index (χ3v) is 5.50. The van der Waals surface area contributed by atoms with Crippen LogP contribution < -0.4 is 9.47 Å². The van der Waals surface area contributed by atoms with Gasteiger partial charge in [0.1, 0.15) is 0 Å². The molecule has 1 N–H and O–H groups in total. The van der Waals surface area contributed by atoms with Crippen LogP contribution in [0, 0.1) is 0 Å². The standard InChI is InChI=1S/C18H25N3O2S/c1-22-16-7-14(18(24-3)8-17(16)23-2)12-21-6-4-5-13(11-21)15-9-19-20-10-15/h7-10,13H,4-6,11-12H2,1-3H3,(H,19,20)/t13-/m1/s1. The van der Waals surface area contributed by atoms with Crippen molar-refractivity contribution < 1.29 is 9.47 Å². The van der Waals surface area contributed by atoms with Crippen molar-refractivity contribution in [1.82, 2.24) is 15.1 Å². The fraction of sp³-hybridized carbons (Fsp3) is 0.500. The molecule has 0 saturated carbocycles. The monoisotopic (exact) mass is 347 g/mol. The molecule has 1 fully saturated rings. The Bertz CT molecular complexity index is 661. The number of benzene rings is 1. The van der Waals surface area contributed by atoms with Gasteiger partial charge >= 0.3 is 0 Å². The van der Waals surface area contributed by atoms with E-state index in [4.69, 9.17) is 9.47 Å². The number of rotatable bonds is 6. The maximum atomic E-state index is 5.48. The molecule has 1 saturated heterocycles. The molecule has 1 atom stereocenters. The quantitative estimate of drug-likeness (QED) is 0.810. The lowest BCUT2D eigenvalue weighted by Gasteiger charge is -2.32. The highest BCUT2D eigenvalue weighted by Crippen LogP contribution is 2.36. The first-order valence-corrected chi connectivity index (χ1v) is 9.47. The molecule has 0 aliphatic carbocycles. The average Bonchev–Trinajstić information content (AvgIpc) is 3.16. The summed E-state index contributed by atoms with van der Waals surface area (Å²) >= 11 is 1.75.